The molecule has 2 fully saturated rings. The van der Waals surface area contributed by atoms with Gasteiger partial charge in [0.05, 0.1) is 0 Å². The number of carbonyl (C=O) groups excluding carboxylic acids is 1. The molecule has 0 spiro atoms. The Morgan fingerprint density at radius 2 is 1.61 bits per heavy atom. The number of Topliss-reactive ketones (excluding diaryl/α,β-unsaturated/α-hetero) is 1. The predicted octanol–water partition coefficient (Wildman–Crippen LogP) is 3.68. The van der Waals surface area contributed by atoms with Gasteiger partial charge >= 0.3 is 0 Å². The van der Waals surface area contributed by atoms with Gasteiger partial charge in [-0.25, -0.2) is 0 Å². The third-order valence-corrected chi connectivity index (χ3v) is 5.37. The van der Waals surface area contributed by atoms with E-state index in [1.54, 1.807) is 0 Å². The van der Waals surface area contributed by atoms with Crippen molar-refractivity contribution in [3.8, 4) is 0 Å². The molecular formula is C16H29NO. The van der Waals surface area contributed by atoms with Crippen LogP contribution in [0.4, 0.5) is 0 Å². The highest BCUT2D eigenvalue weighted by molar-refractivity contribution is 5.87. The zero-order chi connectivity index (χ0) is 13.0. The molecule has 0 radical (unpaired) electrons. The van der Waals surface area contributed by atoms with Crippen LogP contribution in [0.1, 0.15) is 71.1 Å². The Hall–Kier alpha value is -0.370. The molecule has 2 aliphatic carbocycles. The Balaban J connectivity index is 2.04. The molecule has 104 valence electrons. The van der Waals surface area contributed by atoms with Crippen LogP contribution in [-0.4, -0.2) is 12.3 Å². The summed E-state index contributed by atoms with van der Waals surface area (Å²) in [4.78, 5) is 12.9. The lowest BCUT2D eigenvalue weighted by atomic mass is 9.65. The summed E-state index contributed by atoms with van der Waals surface area (Å²) in [5.41, 5.74) is 5.86. The first-order valence-electron chi connectivity index (χ1n) is 7.92. The second kappa shape index (κ2) is 6.18. The highest BCUT2D eigenvalue weighted by Crippen LogP contribution is 2.42. The Kier molecular flexibility index (Phi) is 4.83. The fourth-order valence-corrected chi connectivity index (χ4v) is 3.84. The topological polar surface area (TPSA) is 43.1 Å². The summed E-state index contributed by atoms with van der Waals surface area (Å²) in [5, 5.41) is 0. The maximum Gasteiger partial charge on any atom is 0.143 e. The zero-order valence-electron chi connectivity index (χ0n) is 11.9. The fourth-order valence-electron chi connectivity index (χ4n) is 3.84. The molecule has 0 aromatic heterocycles. The summed E-state index contributed by atoms with van der Waals surface area (Å²) in [6.45, 7) is 2.88. The maximum atomic E-state index is 12.9. The smallest absolute Gasteiger partial charge is 0.143 e. The Morgan fingerprint density at radius 3 is 2.11 bits per heavy atom. The van der Waals surface area contributed by atoms with Gasteiger partial charge in [0, 0.05) is 17.9 Å². The van der Waals surface area contributed by atoms with E-state index in [4.69, 9.17) is 5.73 Å². The largest absolute Gasteiger partial charge is 0.329 e. The molecule has 0 amide bonds. The Morgan fingerprint density at radius 1 is 1.06 bits per heavy atom. The minimum atomic E-state index is -0.151. The molecule has 0 atom stereocenters. The van der Waals surface area contributed by atoms with Gasteiger partial charge in [-0.3, -0.25) is 4.79 Å². The first kappa shape index (κ1) is 14.0. The van der Waals surface area contributed by atoms with Crippen molar-refractivity contribution in [1.29, 1.82) is 0 Å². The van der Waals surface area contributed by atoms with Gasteiger partial charge in [0.25, 0.3) is 0 Å². The third-order valence-electron chi connectivity index (χ3n) is 5.37. The lowest BCUT2D eigenvalue weighted by molar-refractivity contribution is -0.135. The van der Waals surface area contributed by atoms with E-state index in [0.717, 1.165) is 31.6 Å². The van der Waals surface area contributed by atoms with Crippen molar-refractivity contribution in [2.24, 2.45) is 23.0 Å². The summed E-state index contributed by atoms with van der Waals surface area (Å²) < 4.78 is 0. The molecule has 2 aliphatic rings. The summed E-state index contributed by atoms with van der Waals surface area (Å²) in [5.74, 6) is 1.63. The second-order valence-corrected chi connectivity index (χ2v) is 6.72. The second-order valence-electron chi connectivity index (χ2n) is 6.72. The van der Waals surface area contributed by atoms with E-state index in [2.05, 4.69) is 6.92 Å². The normalized spacial score (nSPS) is 35.1. The third kappa shape index (κ3) is 2.96. The minimum absolute atomic E-state index is 0.151. The van der Waals surface area contributed by atoms with Crippen LogP contribution in [0.5, 0.6) is 0 Å². The molecular weight excluding hydrogens is 222 g/mol. The number of hydrogen-bond acceptors (Lipinski definition) is 2. The summed E-state index contributed by atoms with van der Waals surface area (Å²) in [6, 6.07) is 0. The molecule has 18 heavy (non-hydrogen) atoms. The summed E-state index contributed by atoms with van der Waals surface area (Å²) in [7, 11) is 0. The van der Waals surface area contributed by atoms with Crippen LogP contribution in [0.15, 0.2) is 0 Å². The minimum Gasteiger partial charge on any atom is -0.329 e. The molecule has 2 heteroatoms. The van der Waals surface area contributed by atoms with Crippen molar-refractivity contribution < 1.29 is 4.79 Å². The first-order chi connectivity index (χ1) is 8.68. The predicted molar refractivity (Wildman–Crippen MR) is 75.3 cm³/mol. The van der Waals surface area contributed by atoms with Crippen molar-refractivity contribution in [3.05, 3.63) is 0 Å². The zero-order valence-corrected chi connectivity index (χ0v) is 11.9. The molecule has 0 unspecified atom stereocenters. The summed E-state index contributed by atoms with van der Waals surface area (Å²) >= 11 is 0. The van der Waals surface area contributed by atoms with Crippen molar-refractivity contribution >= 4 is 5.78 Å². The highest BCUT2D eigenvalue weighted by atomic mass is 16.1. The van der Waals surface area contributed by atoms with E-state index in [9.17, 15) is 4.79 Å². The van der Waals surface area contributed by atoms with E-state index in [1.165, 1.54) is 38.5 Å². The van der Waals surface area contributed by atoms with Crippen molar-refractivity contribution in [1.82, 2.24) is 0 Å². The molecule has 0 heterocycles. The van der Waals surface area contributed by atoms with Gasteiger partial charge in [-0.15, -0.1) is 0 Å². The van der Waals surface area contributed by atoms with Gasteiger partial charge in [0.1, 0.15) is 5.78 Å². The van der Waals surface area contributed by atoms with E-state index in [-0.39, 0.29) is 5.41 Å². The van der Waals surface area contributed by atoms with Crippen LogP contribution in [0.25, 0.3) is 0 Å². The van der Waals surface area contributed by atoms with Crippen molar-refractivity contribution in [2.45, 2.75) is 71.1 Å². The quantitative estimate of drug-likeness (QED) is 0.777. The molecule has 2 saturated carbocycles. The molecule has 0 aliphatic heterocycles. The van der Waals surface area contributed by atoms with E-state index in [1.807, 2.05) is 0 Å². The van der Waals surface area contributed by atoms with E-state index < -0.39 is 0 Å². The molecule has 2 N–H and O–H groups in total. The Bertz CT molecular complexity index is 271. The van der Waals surface area contributed by atoms with Crippen LogP contribution < -0.4 is 5.73 Å². The SMILES string of the molecule is CC1CCC(CN)(C(=O)C2CCCCCC2)CC1. The van der Waals surface area contributed by atoms with Crippen molar-refractivity contribution in [2.75, 3.05) is 6.54 Å². The van der Waals surface area contributed by atoms with Crippen molar-refractivity contribution in [3.63, 3.8) is 0 Å². The number of carbonyl (C=O) groups is 1. The molecule has 2 nitrogen and oxygen atoms in total. The molecule has 2 rings (SSSR count). The lowest BCUT2D eigenvalue weighted by Crippen LogP contribution is -2.44. The monoisotopic (exact) mass is 251 g/mol. The van der Waals surface area contributed by atoms with Crippen LogP contribution >= 0.6 is 0 Å². The lowest BCUT2D eigenvalue weighted by Gasteiger charge is -2.39. The Labute approximate surface area is 112 Å². The summed E-state index contributed by atoms with van der Waals surface area (Å²) in [6.07, 6.45) is 11.8. The average molecular weight is 251 g/mol. The van der Waals surface area contributed by atoms with Gasteiger partial charge < -0.3 is 5.73 Å². The van der Waals surface area contributed by atoms with Gasteiger partial charge in [-0.1, -0.05) is 32.6 Å². The molecule has 0 saturated heterocycles. The highest BCUT2D eigenvalue weighted by Gasteiger charge is 2.42. The maximum absolute atomic E-state index is 12.9. The number of hydrogen-bond donors (Lipinski definition) is 1. The fraction of sp³-hybridized carbons (Fsp3) is 0.938. The molecule has 0 aromatic carbocycles. The van der Waals surface area contributed by atoms with Crippen LogP contribution in [0, 0.1) is 17.3 Å². The number of ketones is 1. The van der Waals surface area contributed by atoms with Gasteiger partial charge in [0.15, 0.2) is 0 Å². The number of nitrogens with two attached hydrogens (primary N) is 1. The van der Waals surface area contributed by atoms with Crippen LogP contribution in [0.2, 0.25) is 0 Å². The first-order valence-corrected chi connectivity index (χ1v) is 7.92. The standard InChI is InChI=1S/C16H29NO/c1-13-8-10-16(12-17,11-9-13)15(18)14-6-4-2-3-5-7-14/h13-14H,2-12,17H2,1H3. The molecule has 0 bridgehead atoms. The van der Waals surface area contributed by atoms with Crippen LogP contribution in [0.3, 0.4) is 0 Å². The van der Waals surface area contributed by atoms with Gasteiger partial charge in [-0.2, -0.15) is 0 Å². The van der Waals surface area contributed by atoms with Gasteiger partial charge in [-0.05, 0) is 44.4 Å². The van der Waals surface area contributed by atoms with Gasteiger partial charge in [0.2, 0.25) is 0 Å². The molecule has 0 aromatic rings. The van der Waals surface area contributed by atoms with E-state index in [0.29, 0.717) is 18.2 Å². The van der Waals surface area contributed by atoms with Crippen LogP contribution in [-0.2, 0) is 4.79 Å². The average Bonchev–Trinajstić information content (AvgIpc) is 2.68. The number of rotatable bonds is 3. The van der Waals surface area contributed by atoms with E-state index >= 15 is 0 Å².